The number of carbonyl (C=O) groups is 2. The van der Waals surface area contributed by atoms with Crippen molar-refractivity contribution in [2.45, 2.75) is 13.3 Å². The van der Waals surface area contributed by atoms with E-state index in [0.29, 0.717) is 40.3 Å². The van der Waals surface area contributed by atoms with Crippen LogP contribution in [-0.2, 0) is 9.59 Å². The SMILES string of the molecule is CCOc1ccccc1NC(=O)CN1C(=O)CC(c2cccc(Cl)c2)=Nc2cccnc21. The summed E-state index contributed by atoms with van der Waals surface area (Å²) in [5.74, 6) is 0.251. The number of carbonyl (C=O) groups excluding carboxylic acids is 2. The number of aromatic nitrogens is 1. The Hall–Kier alpha value is -3.71. The molecule has 162 valence electrons. The highest BCUT2D eigenvalue weighted by Crippen LogP contribution is 2.31. The van der Waals surface area contributed by atoms with Crippen LogP contribution in [0.25, 0.3) is 0 Å². The Morgan fingerprint density at radius 2 is 2.00 bits per heavy atom. The molecule has 8 heteroatoms. The molecule has 0 saturated carbocycles. The van der Waals surface area contributed by atoms with Crippen molar-refractivity contribution in [2.24, 2.45) is 4.99 Å². The van der Waals surface area contributed by atoms with Gasteiger partial charge in [0.25, 0.3) is 0 Å². The van der Waals surface area contributed by atoms with Crippen LogP contribution in [0.2, 0.25) is 5.02 Å². The fourth-order valence-corrected chi connectivity index (χ4v) is 3.60. The lowest BCUT2D eigenvalue weighted by atomic mass is 10.1. The second kappa shape index (κ2) is 9.62. The van der Waals surface area contributed by atoms with Gasteiger partial charge in [0.2, 0.25) is 11.8 Å². The molecule has 2 aromatic carbocycles. The lowest BCUT2D eigenvalue weighted by Gasteiger charge is -2.21. The summed E-state index contributed by atoms with van der Waals surface area (Å²) >= 11 is 6.13. The van der Waals surface area contributed by atoms with E-state index in [0.717, 1.165) is 5.56 Å². The topological polar surface area (TPSA) is 83.9 Å². The summed E-state index contributed by atoms with van der Waals surface area (Å²) in [6.07, 6.45) is 1.58. The van der Waals surface area contributed by atoms with Gasteiger partial charge in [0.1, 0.15) is 18.0 Å². The van der Waals surface area contributed by atoms with Crippen LogP contribution in [-0.4, -0.2) is 35.7 Å². The maximum Gasteiger partial charge on any atom is 0.244 e. The number of ether oxygens (including phenoxy) is 1. The minimum Gasteiger partial charge on any atom is -0.492 e. The zero-order valence-electron chi connectivity index (χ0n) is 17.4. The number of amides is 2. The van der Waals surface area contributed by atoms with Crippen LogP contribution in [0.5, 0.6) is 5.75 Å². The summed E-state index contributed by atoms with van der Waals surface area (Å²) < 4.78 is 5.56. The van der Waals surface area contributed by atoms with Crippen LogP contribution in [0, 0.1) is 0 Å². The molecule has 1 aliphatic rings. The molecule has 3 aromatic rings. The Kier molecular flexibility index (Phi) is 6.47. The van der Waals surface area contributed by atoms with E-state index in [-0.39, 0.29) is 24.8 Å². The lowest BCUT2D eigenvalue weighted by molar-refractivity contribution is -0.120. The van der Waals surface area contributed by atoms with Gasteiger partial charge in [-0.15, -0.1) is 0 Å². The first-order valence-corrected chi connectivity index (χ1v) is 10.5. The standard InChI is InChI=1S/C24H21ClN4O3/c1-2-32-21-11-4-3-9-18(21)28-22(30)15-29-23(31)14-20(16-7-5-8-17(25)13-16)27-19-10-6-12-26-24(19)29/h3-13H,2,14-15H2,1H3,(H,28,30). The highest BCUT2D eigenvalue weighted by atomic mass is 35.5. The number of nitrogens with zero attached hydrogens (tertiary/aromatic N) is 3. The van der Waals surface area contributed by atoms with Gasteiger partial charge in [-0.05, 0) is 48.9 Å². The summed E-state index contributed by atoms with van der Waals surface area (Å²) in [6.45, 7) is 2.13. The Morgan fingerprint density at radius 1 is 1.16 bits per heavy atom. The smallest absolute Gasteiger partial charge is 0.244 e. The quantitative estimate of drug-likeness (QED) is 0.595. The number of rotatable bonds is 6. The highest BCUT2D eigenvalue weighted by molar-refractivity contribution is 6.31. The summed E-state index contributed by atoms with van der Waals surface area (Å²) in [4.78, 5) is 36.4. The van der Waals surface area contributed by atoms with E-state index in [4.69, 9.17) is 16.3 Å². The monoisotopic (exact) mass is 448 g/mol. The fourth-order valence-electron chi connectivity index (χ4n) is 3.41. The van der Waals surface area contributed by atoms with E-state index >= 15 is 0 Å². The van der Waals surface area contributed by atoms with Gasteiger partial charge >= 0.3 is 0 Å². The zero-order valence-corrected chi connectivity index (χ0v) is 18.2. The molecule has 7 nitrogen and oxygen atoms in total. The normalized spacial score (nSPS) is 13.1. The van der Waals surface area contributed by atoms with Crippen molar-refractivity contribution in [3.05, 3.63) is 77.4 Å². The number of para-hydroxylation sites is 2. The molecule has 32 heavy (non-hydrogen) atoms. The van der Waals surface area contributed by atoms with Gasteiger partial charge < -0.3 is 10.1 Å². The molecule has 0 bridgehead atoms. The van der Waals surface area contributed by atoms with Crippen LogP contribution in [0.4, 0.5) is 17.2 Å². The van der Waals surface area contributed by atoms with Gasteiger partial charge in [-0.2, -0.15) is 0 Å². The third kappa shape index (κ3) is 4.78. The first kappa shape index (κ1) is 21.5. The number of hydrogen-bond donors (Lipinski definition) is 1. The maximum absolute atomic E-state index is 13.2. The van der Waals surface area contributed by atoms with Gasteiger partial charge in [0.15, 0.2) is 5.82 Å². The van der Waals surface area contributed by atoms with E-state index < -0.39 is 0 Å². The molecule has 1 aliphatic heterocycles. The fraction of sp³-hybridized carbons (Fsp3) is 0.167. The third-order valence-electron chi connectivity index (χ3n) is 4.82. The first-order valence-electron chi connectivity index (χ1n) is 10.2. The molecule has 0 saturated heterocycles. The molecule has 0 spiro atoms. The van der Waals surface area contributed by atoms with Crippen molar-refractivity contribution in [3.8, 4) is 5.75 Å². The maximum atomic E-state index is 13.2. The van der Waals surface area contributed by atoms with Gasteiger partial charge in [-0.25, -0.2) is 9.98 Å². The largest absolute Gasteiger partial charge is 0.492 e. The molecule has 4 rings (SSSR count). The van der Waals surface area contributed by atoms with E-state index in [1.807, 2.05) is 19.1 Å². The van der Waals surface area contributed by atoms with Crippen LogP contribution < -0.4 is 15.0 Å². The van der Waals surface area contributed by atoms with Crippen molar-refractivity contribution >= 4 is 46.3 Å². The second-order valence-electron chi connectivity index (χ2n) is 7.05. The summed E-state index contributed by atoms with van der Waals surface area (Å²) in [6, 6.07) is 17.8. The molecule has 0 fully saturated rings. The highest BCUT2D eigenvalue weighted by Gasteiger charge is 2.28. The van der Waals surface area contributed by atoms with E-state index in [9.17, 15) is 9.59 Å². The van der Waals surface area contributed by atoms with Crippen molar-refractivity contribution in [3.63, 3.8) is 0 Å². The number of fused-ring (bicyclic) bond motifs is 1. The van der Waals surface area contributed by atoms with Gasteiger partial charge in [0, 0.05) is 11.2 Å². The van der Waals surface area contributed by atoms with E-state index in [2.05, 4.69) is 15.3 Å². The van der Waals surface area contributed by atoms with Crippen LogP contribution in [0.15, 0.2) is 71.9 Å². The predicted octanol–water partition coefficient (Wildman–Crippen LogP) is 4.63. The Labute approximate surface area is 190 Å². The van der Waals surface area contributed by atoms with E-state index in [1.54, 1.807) is 54.7 Å². The molecule has 0 unspecified atom stereocenters. The molecular weight excluding hydrogens is 428 g/mol. The van der Waals surface area contributed by atoms with Gasteiger partial charge in [-0.3, -0.25) is 14.5 Å². The second-order valence-corrected chi connectivity index (χ2v) is 7.49. The van der Waals surface area contributed by atoms with Crippen LogP contribution >= 0.6 is 11.6 Å². The van der Waals surface area contributed by atoms with E-state index in [1.165, 1.54) is 4.90 Å². The average molecular weight is 449 g/mol. The number of benzene rings is 2. The molecular formula is C24H21ClN4O3. The average Bonchev–Trinajstić information content (AvgIpc) is 2.92. The molecule has 1 aromatic heterocycles. The van der Waals surface area contributed by atoms with Crippen molar-refractivity contribution < 1.29 is 14.3 Å². The van der Waals surface area contributed by atoms with Crippen molar-refractivity contribution in [1.82, 2.24) is 4.98 Å². The molecule has 0 radical (unpaired) electrons. The van der Waals surface area contributed by atoms with Gasteiger partial charge in [0.05, 0.1) is 24.4 Å². The number of pyridine rings is 1. The summed E-state index contributed by atoms with van der Waals surface area (Å²) in [5.41, 5.74) is 2.36. The van der Waals surface area contributed by atoms with Crippen LogP contribution in [0.3, 0.4) is 0 Å². The molecule has 1 N–H and O–H groups in total. The Morgan fingerprint density at radius 3 is 2.81 bits per heavy atom. The summed E-state index contributed by atoms with van der Waals surface area (Å²) in [5, 5.41) is 3.38. The van der Waals surface area contributed by atoms with Gasteiger partial charge in [-0.1, -0.05) is 35.9 Å². The lowest BCUT2D eigenvalue weighted by Crippen LogP contribution is -2.39. The first-order chi connectivity index (χ1) is 15.5. The molecule has 2 amide bonds. The minimum atomic E-state index is -0.367. The zero-order chi connectivity index (χ0) is 22.5. The number of nitrogens with one attached hydrogen (secondary N) is 1. The Balaban J connectivity index is 1.60. The number of hydrogen-bond acceptors (Lipinski definition) is 5. The number of anilines is 2. The molecule has 2 heterocycles. The Bertz CT molecular complexity index is 1200. The van der Waals surface area contributed by atoms with Crippen molar-refractivity contribution in [2.75, 3.05) is 23.4 Å². The molecule has 0 atom stereocenters. The number of aliphatic imine (C=N–C) groups is 1. The number of halogens is 1. The van der Waals surface area contributed by atoms with Crippen LogP contribution in [0.1, 0.15) is 18.9 Å². The minimum absolute atomic E-state index is 0.0134. The third-order valence-corrected chi connectivity index (χ3v) is 5.05. The predicted molar refractivity (Wildman–Crippen MR) is 125 cm³/mol. The molecule has 0 aliphatic carbocycles. The van der Waals surface area contributed by atoms with Crippen molar-refractivity contribution in [1.29, 1.82) is 0 Å². The summed E-state index contributed by atoms with van der Waals surface area (Å²) in [7, 11) is 0.